The van der Waals surface area contributed by atoms with Crippen LogP contribution >= 0.6 is 27.7 Å². The largest absolute Gasteiger partial charge is 0.478 e. The number of hydrogen-bond donors (Lipinski definition) is 1. The van der Waals surface area contributed by atoms with Crippen LogP contribution in [0.3, 0.4) is 0 Å². The number of rotatable bonds is 3. The topological polar surface area (TPSA) is 76.2 Å². The molecule has 0 atom stereocenters. The summed E-state index contributed by atoms with van der Waals surface area (Å²) in [6.07, 6.45) is 1.68. The number of carboxylic acids is 1. The average molecular weight is 351 g/mol. The molecule has 0 bridgehead atoms. The number of oxazole rings is 1. The Balaban J connectivity index is 1.97. The van der Waals surface area contributed by atoms with E-state index < -0.39 is 5.97 Å². The maximum absolute atomic E-state index is 10.9. The number of benzene rings is 1. The molecule has 3 aromatic rings. The van der Waals surface area contributed by atoms with Crippen molar-refractivity contribution in [2.75, 3.05) is 0 Å². The normalized spacial score (nSPS) is 10.8. The molecule has 2 heterocycles. The third-order valence-electron chi connectivity index (χ3n) is 2.52. The molecule has 3 rings (SSSR count). The highest BCUT2D eigenvalue weighted by molar-refractivity contribution is 9.10. The maximum atomic E-state index is 10.9. The molecule has 0 amide bonds. The van der Waals surface area contributed by atoms with E-state index in [-0.39, 0.29) is 5.56 Å². The standard InChI is InChI=1S/C13H7BrN2O3S/c14-8-2-1-5-15-11(8)20-13-16-9-4-3-7(12(17)18)6-10(9)19-13/h1-6H,(H,17,18). The minimum atomic E-state index is -0.995. The van der Waals surface area contributed by atoms with Gasteiger partial charge >= 0.3 is 5.97 Å². The van der Waals surface area contributed by atoms with Crippen LogP contribution in [0.1, 0.15) is 10.4 Å². The molecule has 0 aliphatic carbocycles. The molecule has 0 saturated carbocycles. The molecule has 1 aromatic carbocycles. The van der Waals surface area contributed by atoms with Gasteiger partial charge in [0.1, 0.15) is 10.5 Å². The Hall–Kier alpha value is -1.86. The zero-order valence-electron chi connectivity index (χ0n) is 9.91. The third kappa shape index (κ3) is 2.54. The van der Waals surface area contributed by atoms with E-state index in [1.54, 1.807) is 12.3 Å². The summed E-state index contributed by atoms with van der Waals surface area (Å²) < 4.78 is 6.39. The number of carbonyl (C=O) groups is 1. The second kappa shape index (κ2) is 5.26. The minimum Gasteiger partial charge on any atom is -0.478 e. The van der Waals surface area contributed by atoms with Crippen molar-refractivity contribution in [3.05, 3.63) is 46.6 Å². The zero-order valence-corrected chi connectivity index (χ0v) is 12.3. The fourth-order valence-electron chi connectivity index (χ4n) is 1.61. The minimum absolute atomic E-state index is 0.171. The lowest BCUT2D eigenvalue weighted by molar-refractivity contribution is 0.0697. The Morgan fingerprint density at radius 3 is 2.95 bits per heavy atom. The molecule has 2 aromatic heterocycles. The lowest BCUT2D eigenvalue weighted by Gasteiger charge is -1.97. The van der Waals surface area contributed by atoms with Crippen molar-refractivity contribution < 1.29 is 14.3 Å². The summed E-state index contributed by atoms with van der Waals surface area (Å²) in [5.41, 5.74) is 1.23. The summed E-state index contributed by atoms with van der Waals surface area (Å²) in [5.74, 6) is -0.995. The monoisotopic (exact) mass is 350 g/mol. The predicted molar refractivity (Wildman–Crippen MR) is 77.0 cm³/mol. The van der Waals surface area contributed by atoms with Crippen molar-refractivity contribution in [1.82, 2.24) is 9.97 Å². The predicted octanol–water partition coefficient (Wildman–Crippen LogP) is 3.83. The number of fused-ring (bicyclic) bond motifs is 1. The van der Waals surface area contributed by atoms with Crippen LogP contribution in [0.5, 0.6) is 0 Å². The summed E-state index contributed by atoms with van der Waals surface area (Å²) in [4.78, 5) is 19.4. The van der Waals surface area contributed by atoms with Crippen molar-refractivity contribution in [1.29, 1.82) is 0 Å². The summed E-state index contributed by atoms with van der Waals surface area (Å²) in [5, 5.41) is 10.1. The molecule has 1 N–H and O–H groups in total. The van der Waals surface area contributed by atoms with E-state index in [1.807, 2.05) is 12.1 Å². The first-order valence-electron chi connectivity index (χ1n) is 5.56. The number of pyridine rings is 1. The van der Waals surface area contributed by atoms with Crippen molar-refractivity contribution in [2.24, 2.45) is 0 Å². The van der Waals surface area contributed by atoms with Gasteiger partial charge in [-0.05, 0) is 58.0 Å². The molecule has 0 aliphatic heterocycles. The highest BCUT2D eigenvalue weighted by Crippen LogP contribution is 2.32. The molecule has 0 aliphatic rings. The Bertz CT molecular complexity index is 803. The van der Waals surface area contributed by atoms with Crippen LogP contribution in [0.15, 0.2) is 55.7 Å². The number of nitrogens with zero attached hydrogens (tertiary/aromatic N) is 2. The van der Waals surface area contributed by atoms with Gasteiger partial charge in [-0.2, -0.15) is 0 Å². The zero-order chi connectivity index (χ0) is 14.1. The lowest BCUT2D eigenvalue weighted by atomic mass is 10.2. The summed E-state index contributed by atoms with van der Waals surface area (Å²) in [6.45, 7) is 0. The van der Waals surface area contributed by atoms with Gasteiger partial charge in [0.15, 0.2) is 5.58 Å². The Morgan fingerprint density at radius 2 is 2.20 bits per heavy atom. The molecule has 0 radical (unpaired) electrons. The fourth-order valence-corrected chi connectivity index (χ4v) is 2.83. The van der Waals surface area contributed by atoms with Crippen LogP contribution in [-0.2, 0) is 0 Å². The quantitative estimate of drug-likeness (QED) is 0.773. The van der Waals surface area contributed by atoms with Gasteiger partial charge in [-0.25, -0.2) is 14.8 Å². The van der Waals surface area contributed by atoms with E-state index in [0.717, 1.165) is 9.50 Å². The summed E-state index contributed by atoms with van der Waals surface area (Å²) in [7, 11) is 0. The number of halogens is 1. The first-order chi connectivity index (χ1) is 9.63. The first kappa shape index (κ1) is 13.1. The average Bonchev–Trinajstić information content (AvgIpc) is 2.82. The van der Waals surface area contributed by atoms with E-state index >= 15 is 0 Å². The summed E-state index contributed by atoms with van der Waals surface area (Å²) >= 11 is 4.67. The molecule has 0 unspecified atom stereocenters. The smallest absolute Gasteiger partial charge is 0.335 e. The van der Waals surface area contributed by atoms with Crippen molar-refractivity contribution >= 4 is 44.8 Å². The maximum Gasteiger partial charge on any atom is 0.335 e. The molecule has 7 heteroatoms. The SMILES string of the molecule is O=C(O)c1ccc2nc(Sc3ncccc3Br)oc2c1. The molecule has 0 saturated heterocycles. The number of aromatic nitrogens is 2. The van der Waals surface area contributed by atoms with Gasteiger partial charge < -0.3 is 9.52 Å². The van der Waals surface area contributed by atoms with Crippen LogP contribution in [0, 0.1) is 0 Å². The van der Waals surface area contributed by atoms with E-state index in [1.165, 1.54) is 23.9 Å². The molecule has 20 heavy (non-hydrogen) atoms. The van der Waals surface area contributed by atoms with Gasteiger partial charge in [0.2, 0.25) is 0 Å². The fraction of sp³-hybridized carbons (Fsp3) is 0. The molecule has 100 valence electrons. The number of hydrogen-bond acceptors (Lipinski definition) is 5. The van der Waals surface area contributed by atoms with Crippen LogP contribution in [0.25, 0.3) is 11.1 Å². The van der Waals surface area contributed by atoms with Crippen molar-refractivity contribution in [3.63, 3.8) is 0 Å². The van der Waals surface area contributed by atoms with E-state index in [4.69, 9.17) is 9.52 Å². The number of aromatic carboxylic acids is 1. The van der Waals surface area contributed by atoms with Gasteiger partial charge in [-0.15, -0.1) is 0 Å². The van der Waals surface area contributed by atoms with Crippen LogP contribution in [0.2, 0.25) is 0 Å². The van der Waals surface area contributed by atoms with Crippen LogP contribution < -0.4 is 0 Å². The Kier molecular flexibility index (Phi) is 3.45. The van der Waals surface area contributed by atoms with Gasteiger partial charge in [-0.3, -0.25) is 0 Å². The van der Waals surface area contributed by atoms with Crippen LogP contribution in [-0.4, -0.2) is 21.0 Å². The Labute approximate surface area is 126 Å². The van der Waals surface area contributed by atoms with E-state index in [9.17, 15) is 4.79 Å². The van der Waals surface area contributed by atoms with Gasteiger partial charge in [0.25, 0.3) is 5.22 Å². The van der Waals surface area contributed by atoms with E-state index in [2.05, 4.69) is 25.9 Å². The van der Waals surface area contributed by atoms with Gasteiger partial charge in [-0.1, -0.05) is 0 Å². The second-order valence-electron chi connectivity index (χ2n) is 3.86. The second-order valence-corrected chi connectivity index (χ2v) is 5.65. The Morgan fingerprint density at radius 1 is 1.35 bits per heavy atom. The van der Waals surface area contributed by atoms with Gasteiger partial charge in [0.05, 0.1) is 10.0 Å². The molecule has 0 spiro atoms. The summed E-state index contributed by atoms with van der Waals surface area (Å²) in [6, 6.07) is 8.28. The van der Waals surface area contributed by atoms with Crippen molar-refractivity contribution in [3.8, 4) is 0 Å². The van der Waals surface area contributed by atoms with Crippen LogP contribution in [0.4, 0.5) is 0 Å². The third-order valence-corrected chi connectivity index (χ3v) is 4.29. The molecular weight excluding hydrogens is 344 g/mol. The van der Waals surface area contributed by atoms with E-state index in [0.29, 0.717) is 16.3 Å². The van der Waals surface area contributed by atoms with Crippen molar-refractivity contribution in [2.45, 2.75) is 10.2 Å². The molecular formula is C13H7BrN2O3S. The highest BCUT2D eigenvalue weighted by Gasteiger charge is 2.12. The molecule has 5 nitrogen and oxygen atoms in total. The number of carboxylic acid groups (broad SMARTS) is 1. The van der Waals surface area contributed by atoms with Gasteiger partial charge in [0, 0.05) is 6.20 Å². The molecule has 0 fully saturated rings. The highest BCUT2D eigenvalue weighted by atomic mass is 79.9. The first-order valence-corrected chi connectivity index (χ1v) is 7.17. The lowest BCUT2D eigenvalue weighted by Crippen LogP contribution is -1.94.